The van der Waals surface area contributed by atoms with Crippen molar-refractivity contribution >= 4 is 11.8 Å². The molecule has 0 bridgehead atoms. The molecular weight excluding hydrogens is 310 g/mol. The molecule has 3 rings (SSSR count). The van der Waals surface area contributed by atoms with Crippen molar-refractivity contribution < 1.29 is 14.4 Å². The minimum atomic E-state index is -0.580. The molecule has 130 valence electrons. The van der Waals surface area contributed by atoms with Gasteiger partial charge in [0.05, 0.1) is 11.7 Å². The normalized spacial score (nSPS) is 19.1. The van der Waals surface area contributed by atoms with Crippen molar-refractivity contribution in [2.45, 2.75) is 38.8 Å². The molecule has 1 amide bonds. The highest BCUT2D eigenvalue weighted by Crippen LogP contribution is 2.29. The van der Waals surface area contributed by atoms with Crippen molar-refractivity contribution in [3.63, 3.8) is 0 Å². The Morgan fingerprint density at radius 2 is 2.25 bits per heavy atom. The van der Waals surface area contributed by atoms with Crippen LogP contribution in [0.5, 0.6) is 0 Å². The van der Waals surface area contributed by atoms with E-state index in [0.717, 1.165) is 31.6 Å². The molecule has 2 atom stereocenters. The van der Waals surface area contributed by atoms with Gasteiger partial charge in [-0.05, 0) is 45.7 Å². The third-order valence-electron chi connectivity index (χ3n) is 4.62. The van der Waals surface area contributed by atoms with E-state index in [-0.39, 0.29) is 17.9 Å². The van der Waals surface area contributed by atoms with Gasteiger partial charge in [0, 0.05) is 18.5 Å². The van der Waals surface area contributed by atoms with Crippen molar-refractivity contribution in [2.24, 2.45) is 5.92 Å². The van der Waals surface area contributed by atoms with E-state index in [0.29, 0.717) is 11.7 Å². The van der Waals surface area contributed by atoms with Crippen LogP contribution in [0.25, 0.3) is 0 Å². The maximum absolute atomic E-state index is 12.3. The smallest absolute Gasteiger partial charge is 0.243 e. The molecule has 0 unspecified atom stereocenters. The number of nitrogens with one attached hydrogen (secondary N) is 2. The Hall–Kier alpha value is -2.19. The Balaban J connectivity index is 1.51. The predicted octanol–water partition coefficient (Wildman–Crippen LogP) is 1.48. The number of carbonyl (C=O) groups excluding carboxylic acids is 1. The number of piperidine rings is 1. The molecule has 1 fully saturated rings. The van der Waals surface area contributed by atoms with Gasteiger partial charge in [0.25, 0.3) is 0 Å². The molecular formula is C16H23N5O3. The molecule has 24 heavy (non-hydrogen) atoms. The number of aryl methyl sites for hydroxylation is 1. The minimum Gasteiger partial charge on any atom is -0.385 e. The van der Waals surface area contributed by atoms with Gasteiger partial charge < -0.3 is 14.6 Å². The van der Waals surface area contributed by atoms with Crippen LogP contribution in [-0.4, -0.2) is 50.2 Å². The third-order valence-corrected chi connectivity index (χ3v) is 4.62. The molecule has 8 nitrogen and oxygen atoms in total. The highest BCUT2D eigenvalue weighted by Gasteiger charge is 2.31. The summed E-state index contributed by atoms with van der Waals surface area (Å²) in [6.45, 7) is 5.19. The summed E-state index contributed by atoms with van der Waals surface area (Å²) in [5.41, 5.74) is 0.727. The molecule has 0 aliphatic carbocycles. The first kappa shape index (κ1) is 16.7. The molecule has 1 saturated heterocycles. The minimum absolute atomic E-state index is 0.115. The highest BCUT2D eigenvalue weighted by atomic mass is 16.5. The first-order valence-electron chi connectivity index (χ1n) is 8.20. The van der Waals surface area contributed by atoms with E-state index in [1.54, 1.807) is 25.4 Å². The number of aromatic nitrogens is 3. The summed E-state index contributed by atoms with van der Waals surface area (Å²) in [5.74, 6) is 1.02. The molecule has 2 aromatic heterocycles. The summed E-state index contributed by atoms with van der Waals surface area (Å²) in [6.07, 6.45) is 4.42. The number of imidazole rings is 1. The average molecular weight is 333 g/mol. The molecule has 8 heteroatoms. The maximum atomic E-state index is 12.3. The summed E-state index contributed by atoms with van der Waals surface area (Å²) in [4.78, 5) is 21.5. The summed E-state index contributed by atoms with van der Waals surface area (Å²) in [6, 6.07) is 1.42. The highest BCUT2D eigenvalue weighted by molar-refractivity contribution is 5.93. The van der Waals surface area contributed by atoms with Gasteiger partial charge in [0.2, 0.25) is 11.8 Å². The fraction of sp³-hybridized carbons (Fsp3) is 0.562. The summed E-state index contributed by atoms with van der Waals surface area (Å²) >= 11 is 0. The van der Waals surface area contributed by atoms with Gasteiger partial charge in [-0.1, -0.05) is 5.16 Å². The van der Waals surface area contributed by atoms with Gasteiger partial charge in [-0.3, -0.25) is 15.0 Å². The number of hydrogen-bond acceptors (Lipinski definition) is 6. The van der Waals surface area contributed by atoms with Crippen LogP contribution >= 0.6 is 0 Å². The van der Waals surface area contributed by atoms with E-state index < -0.39 is 6.10 Å². The lowest BCUT2D eigenvalue weighted by atomic mass is 9.90. The SMILES string of the molecule is Cc1cc(NC(=O)[C@@H](C)N2CCC([C@@H](O)c3ncc[nH]3)CC2)on1. The number of nitrogens with zero attached hydrogens (tertiary/aromatic N) is 3. The van der Waals surface area contributed by atoms with Gasteiger partial charge in [-0.15, -0.1) is 0 Å². The molecule has 0 spiro atoms. The first-order chi connectivity index (χ1) is 11.5. The average Bonchev–Trinajstić information content (AvgIpc) is 3.25. The van der Waals surface area contributed by atoms with E-state index in [2.05, 4.69) is 25.3 Å². The standard InChI is InChI=1S/C16H23N5O3/c1-10-9-13(24-20-10)19-16(23)11(2)21-7-3-12(4-8-21)14(22)15-17-5-6-18-15/h5-6,9,11-12,14,22H,3-4,7-8H2,1-2H3,(H,17,18)(H,19,23)/t11-,14-/m1/s1. The number of H-pyrrole nitrogens is 1. The molecule has 2 aromatic rings. The number of aromatic amines is 1. The molecule has 0 aromatic carbocycles. The summed E-state index contributed by atoms with van der Waals surface area (Å²) in [7, 11) is 0. The number of aliphatic hydroxyl groups is 1. The zero-order valence-corrected chi connectivity index (χ0v) is 13.9. The fourth-order valence-electron chi connectivity index (χ4n) is 3.10. The molecule has 0 saturated carbocycles. The zero-order chi connectivity index (χ0) is 17.1. The van der Waals surface area contributed by atoms with Crippen molar-refractivity contribution in [3.8, 4) is 0 Å². The maximum Gasteiger partial charge on any atom is 0.243 e. The second kappa shape index (κ2) is 7.14. The topological polar surface area (TPSA) is 107 Å². The summed E-state index contributed by atoms with van der Waals surface area (Å²) < 4.78 is 5.02. The predicted molar refractivity (Wildman–Crippen MR) is 87.2 cm³/mol. The van der Waals surface area contributed by atoms with E-state index >= 15 is 0 Å². The lowest BCUT2D eigenvalue weighted by Gasteiger charge is -2.36. The van der Waals surface area contributed by atoms with E-state index in [1.807, 2.05) is 6.92 Å². The van der Waals surface area contributed by atoms with Crippen LogP contribution in [0, 0.1) is 12.8 Å². The number of rotatable bonds is 5. The Morgan fingerprint density at radius 1 is 1.50 bits per heavy atom. The molecule has 3 heterocycles. The Bertz CT molecular complexity index is 661. The lowest BCUT2D eigenvalue weighted by molar-refractivity contribution is -0.121. The quantitative estimate of drug-likeness (QED) is 0.765. The van der Waals surface area contributed by atoms with E-state index in [9.17, 15) is 9.90 Å². The Kier molecular flexibility index (Phi) is 4.96. The van der Waals surface area contributed by atoms with Crippen LogP contribution in [-0.2, 0) is 4.79 Å². The second-order valence-corrected chi connectivity index (χ2v) is 6.29. The molecule has 0 radical (unpaired) electrons. The van der Waals surface area contributed by atoms with Crippen LogP contribution in [0.15, 0.2) is 23.0 Å². The van der Waals surface area contributed by atoms with Crippen molar-refractivity contribution in [2.75, 3.05) is 18.4 Å². The van der Waals surface area contributed by atoms with Crippen molar-refractivity contribution in [1.82, 2.24) is 20.0 Å². The number of hydrogen-bond donors (Lipinski definition) is 3. The van der Waals surface area contributed by atoms with E-state index in [4.69, 9.17) is 4.52 Å². The fourth-order valence-corrected chi connectivity index (χ4v) is 3.10. The van der Waals surface area contributed by atoms with Crippen LogP contribution in [0.2, 0.25) is 0 Å². The van der Waals surface area contributed by atoms with Crippen molar-refractivity contribution in [1.29, 1.82) is 0 Å². The number of likely N-dealkylation sites (tertiary alicyclic amines) is 1. The molecule has 1 aliphatic heterocycles. The monoisotopic (exact) mass is 333 g/mol. The number of aliphatic hydroxyl groups excluding tert-OH is 1. The summed E-state index contributed by atoms with van der Waals surface area (Å²) in [5, 5.41) is 16.9. The van der Waals surface area contributed by atoms with Crippen molar-refractivity contribution in [3.05, 3.63) is 30.0 Å². The van der Waals surface area contributed by atoms with Gasteiger partial charge in [-0.2, -0.15) is 0 Å². The number of carbonyl (C=O) groups is 1. The van der Waals surface area contributed by atoms with Crippen LogP contribution in [0.4, 0.5) is 5.88 Å². The van der Waals surface area contributed by atoms with Crippen LogP contribution in [0.1, 0.15) is 37.4 Å². The largest absolute Gasteiger partial charge is 0.385 e. The number of amides is 1. The van der Waals surface area contributed by atoms with Crippen LogP contribution in [0.3, 0.4) is 0 Å². The first-order valence-corrected chi connectivity index (χ1v) is 8.20. The van der Waals surface area contributed by atoms with Gasteiger partial charge in [-0.25, -0.2) is 4.98 Å². The van der Waals surface area contributed by atoms with E-state index in [1.165, 1.54) is 0 Å². The Morgan fingerprint density at radius 3 is 2.83 bits per heavy atom. The second-order valence-electron chi connectivity index (χ2n) is 6.29. The molecule has 3 N–H and O–H groups in total. The molecule has 1 aliphatic rings. The van der Waals surface area contributed by atoms with Gasteiger partial charge in [0.15, 0.2) is 0 Å². The lowest BCUT2D eigenvalue weighted by Crippen LogP contribution is -2.46. The Labute approximate surface area is 140 Å². The number of anilines is 1. The van der Waals surface area contributed by atoms with Gasteiger partial charge in [0.1, 0.15) is 11.9 Å². The third kappa shape index (κ3) is 3.65. The van der Waals surface area contributed by atoms with Gasteiger partial charge >= 0.3 is 0 Å². The van der Waals surface area contributed by atoms with Crippen LogP contribution < -0.4 is 5.32 Å². The zero-order valence-electron chi connectivity index (χ0n) is 13.9.